The Morgan fingerprint density at radius 2 is 1.97 bits per heavy atom. The zero-order chi connectivity index (χ0) is 22.6. The molecule has 0 saturated carbocycles. The molecule has 12 heteroatoms. The van der Waals surface area contributed by atoms with Gasteiger partial charge in [-0.05, 0) is 31.5 Å². The van der Waals surface area contributed by atoms with Gasteiger partial charge in [0.25, 0.3) is 5.91 Å². The van der Waals surface area contributed by atoms with Gasteiger partial charge >= 0.3 is 5.97 Å². The first kappa shape index (κ1) is 23.6. The summed E-state index contributed by atoms with van der Waals surface area (Å²) >= 11 is 0. The third-order valence-electron chi connectivity index (χ3n) is 5.31. The van der Waals surface area contributed by atoms with E-state index in [9.17, 15) is 26.4 Å². The number of nitrogens with zero attached hydrogens (tertiary/aromatic N) is 2. The van der Waals surface area contributed by atoms with Crippen molar-refractivity contribution in [3.05, 3.63) is 29.8 Å². The van der Waals surface area contributed by atoms with Crippen LogP contribution in [0.3, 0.4) is 0 Å². The zero-order valence-corrected chi connectivity index (χ0v) is 18.9. The van der Waals surface area contributed by atoms with Crippen LogP contribution in [-0.2, 0) is 34.1 Å². The standard InChI is InChI=1S/C19H26N2O8S2/c1-2-21(16-6-11-30(24,25)14-16)18(22)13-29-19(23)15-4-3-5-17(12-15)31(26,27)20-7-9-28-10-8-20/h3-5,12,16H,2,6-11,13-14H2,1H3. The maximum atomic E-state index is 12.8. The highest BCUT2D eigenvalue weighted by Gasteiger charge is 2.34. The summed E-state index contributed by atoms with van der Waals surface area (Å²) in [5.41, 5.74) is 0.00799. The van der Waals surface area contributed by atoms with Crippen molar-refractivity contribution in [2.75, 3.05) is 51.0 Å². The van der Waals surface area contributed by atoms with Crippen LogP contribution in [0, 0.1) is 0 Å². The Morgan fingerprint density at radius 1 is 1.26 bits per heavy atom. The number of sulfonamides is 1. The molecule has 1 aromatic carbocycles. The summed E-state index contributed by atoms with van der Waals surface area (Å²) in [6.45, 7) is 2.54. The van der Waals surface area contributed by atoms with Crippen LogP contribution in [0.15, 0.2) is 29.2 Å². The Kier molecular flexibility index (Phi) is 7.35. The van der Waals surface area contributed by atoms with Crippen LogP contribution >= 0.6 is 0 Å². The summed E-state index contributed by atoms with van der Waals surface area (Å²) < 4.78 is 60.4. The van der Waals surface area contributed by atoms with E-state index >= 15 is 0 Å². The first-order valence-corrected chi connectivity index (χ1v) is 13.2. The molecule has 1 atom stereocenters. The van der Waals surface area contributed by atoms with Crippen LogP contribution in [0.1, 0.15) is 23.7 Å². The van der Waals surface area contributed by atoms with Gasteiger partial charge in [0.1, 0.15) is 0 Å². The molecule has 0 bridgehead atoms. The molecule has 1 aromatic rings. The number of hydrogen-bond donors (Lipinski definition) is 0. The molecular formula is C19H26N2O8S2. The molecule has 3 rings (SSSR count). The van der Waals surface area contributed by atoms with Gasteiger partial charge in [-0.3, -0.25) is 4.79 Å². The number of likely N-dealkylation sites (N-methyl/N-ethyl adjacent to an activating group) is 1. The number of morpholine rings is 1. The van der Waals surface area contributed by atoms with Gasteiger partial charge < -0.3 is 14.4 Å². The largest absolute Gasteiger partial charge is 0.452 e. The van der Waals surface area contributed by atoms with Gasteiger partial charge in [-0.15, -0.1) is 0 Å². The van der Waals surface area contributed by atoms with Crippen molar-refractivity contribution in [1.82, 2.24) is 9.21 Å². The molecule has 0 aliphatic carbocycles. The molecular weight excluding hydrogens is 448 g/mol. The smallest absolute Gasteiger partial charge is 0.338 e. The van der Waals surface area contributed by atoms with Gasteiger partial charge in [0.05, 0.1) is 35.2 Å². The van der Waals surface area contributed by atoms with E-state index in [1.165, 1.54) is 33.5 Å². The summed E-state index contributed by atoms with van der Waals surface area (Å²) in [6.07, 6.45) is 0.358. The molecule has 2 heterocycles. The minimum absolute atomic E-state index is 0.00799. The van der Waals surface area contributed by atoms with Crippen molar-refractivity contribution in [2.24, 2.45) is 0 Å². The molecule has 0 N–H and O–H groups in total. The Hall–Kier alpha value is -2.02. The second-order valence-electron chi connectivity index (χ2n) is 7.36. The highest BCUT2D eigenvalue weighted by atomic mass is 32.2. The topological polar surface area (TPSA) is 127 Å². The molecule has 2 aliphatic heterocycles. The van der Waals surface area contributed by atoms with Gasteiger partial charge in [0.2, 0.25) is 10.0 Å². The Bertz CT molecular complexity index is 1030. The van der Waals surface area contributed by atoms with E-state index in [0.29, 0.717) is 26.2 Å². The Balaban J connectivity index is 1.64. The van der Waals surface area contributed by atoms with Crippen LogP contribution in [0.4, 0.5) is 0 Å². The summed E-state index contributed by atoms with van der Waals surface area (Å²) in [7, 11) is -6.93. The zero-order valence-electron chi connectivity index (χ0n) is 17.2. The maximum Gasteiger partial charge on any atom is 0.338 e. The summed E-state index contributed by atoms with van der Waals surface area (Å²) in [6, 6.07) is 5.04. The molecule has 0 radical (unpaired) electrons. The fourth-order valence-electron chi connectivity index (χ4n) is 3.67. The molecule has 2 aliphatic rings. The Labute approximate surface area is 182 Å². The van der Waals surface area contributed by atoms with E-state index in [-0.39, 0.29) is 35.1 Å². The maximum absolute atomic E-state index is 12.8. The molecule has 10 nitrogen and oxygen atoms in total. The van der Waals surface area contributed by atoms with Crippen LogP contribution in [0.25, 0.3) is 0 Å². The highest BCUT2D eigenvalue weighted by Crippen LogP contribution is 2.20. The highest BCUT2D eigenvalue weighted by molar-refractivity contribution is 7.91. The molecule has 1 amide bonds. The van der Waals surface area contributed by atoms with Gasteiger partial charge in [0, 0.05) is 25.7 Å². The lowest BCUT2D eigenvalue weighted by Gasteiger charge is -2.26. The lowest BCUT2D eigenvalue weighted by atomic mass is 10.2. The summed E-state index contributed by atoms with van der Waals surface area (Å²) in [4.78, 5) is 26.3. The predicted molar refractivity (Wildman–Crippen MR) is 111 cm³/mol. The van der Waals surface area contributed by atoms with E-state index in [4.69, 9.17) is 9.47 Å². The molecule has 0 spiro atoms. The number of carbonyl (C=O) groups excluding carboxylic acids is 2. The minimum Gasteiger partial charge on any atom is -0.452 e. The number of ether oxygens (including phenoxy) is 2. The Morgan fingerprint density at radius 3 is 2.58 bits per heavy atom. The first-order valence-electron chi connectivity index (χ1n) is 9.99. The van der Waals surface area contributed by atoms with E-state index < -0.39 is 44.4 Å². The number of benzene rings is 1. The number of sulfone groups is 1. The van der Waals surface area contributed by atoms with Crippen LogP contribution in [-0.4, -0.2) is 94.9 Å². The summed E-state index contributed by atoms with van der Waals surface area (Å²) in [5, 5.41) is 0. The first-order chi connectivity index (χ1) is 14.6. The van der Waals surface area contributed by atoms with Crippen molar-refractivity contribution >= 4 is 31.7 Å². The predicted octanol–water partition coefficient (Wildman–Crippen LogP) is -0.100. The molecule has 31 heavy (non-hydrogen) atoms. The molecule has 1 unspecified atom stereocenters. The average Bonchev–Trinajstić information content (AvgIpc) is 3.12. The third kappa shape index (κ3) is 5.62. The van der Waals surface area contributed by atoms with Crippen molar-refractivity contribution < 1.29 is 35.9 Å². The van der Waals surface area contributed by atoms with Gasteiger partial charge in [-0.25, -0.2) is 21.6 Å². The van der Waals surface area contributed by atoms with Crippen LogP contribution < -0.4 is 0 Å². The summed E-state index contributed by atoms with van der Waals surface area (Å²) in [5.74, 6) is -1.38. The minimum atomic E-state index is -3.78. The fourth-order valence-corrected chi connectivity index (χ4v) is 6.86. The average molecular weight is 475 g/mol. The molecule has 172 valence electrons. The molecule has 0 aromatic heterocycles. The van der Waals surface area contributed by atoms with Gasteiger partial charge in [-0.2, -0.15) is 4.31 Å². The van der Waals surface area contributed by atoms with E-state index in [0.717, 1.165) is 0 Å². The monoisotopic (exact) mass is 474 g/mol. The van der Waals surface area contributed by atoms with Crippen molar-refractivity contribution in [2.45, 2.75) is 24.3 Å². The van der Waals surface area contributed by atoms with E-state index in [2.05, 4.69) is 0 Å². The van der Waals surface area contributed by atoms with Crippen LogP contribution in [0.5, 0.6) is 0 Å². The van der Waals surface area contributed by atoms with E-state index in [1.54, 1.807) is 6.92 Å². The van der Waals surface area contributed by atoms with Crippen molar-refractivity contribution in [1.29, 1.82) is 0 Å². The number of amides is 1. The fraction of sp³-hybridized carbons (Fsp3) is 0.579. The normalized spacial score (nSPS) is 21.5. The van der Waals surface area contributed by atoms with Crippen molar-refractivity contribution in [3.8, 4) is 0 Å². The lowest BCUT2D eigenvalue weighted by molar-refractivity contribution is -0.136. The second kappa shape index (κ2) is 9.63. The van der Waals surface area contributed by atoms with Gasteiger partial charge in [0.15, 0.2) is 16.4 Å². The SMILES string of the molecule is CCN(C(=O)COC(=O)c1cccc(S(=O)(=O)N2CCOCC2)c1)C1CCS(=O)(=O)C1. The quantitative estimate of drug-likeness (QED) is 0.501. The van der Waals surface area contributed by atoms with Crippen LogP contribution in [0.2, 0.25) is 0 Å². The van der Waals surface area contributed by atoms with E-state index in [1.807, 2.05) is 0 Å². The third-order valence-corrected chi connectivity index (χ3v) is 8.96. The number of rotatable bonds is 7. The number of esters is 1. The second-order valence-corrected chi connectivity index (χ2v) is 11.5. The van der Waals surface area contributed by atoms with Crippen molar-refractivity contribution in [3.63, 3.8) is 0 Å². The van der Waals surface area contributed by atoms with Gasteiger partial charge in [-0.1, -0.05) is 6.07 Å². The molecule has 2 fully saturated rings. The lowest BCUT2D eigenvalue weighted by Crippen LogP contribution is -2.43. The number of carbonyl (C=O) groups is 2. The molecule has 2 saturated heterocycles. The number of hydrogen-bond acceptors (Lipinski definition) is 8.